The molecule has 0 aliphatic heterocycles. The summed E-state index contributed by atoms with van der Waals surface area (Å²) in [6.45, 7) is 2.13. The second kappa shape index (κ2) is 9.74. The van der Waals surface area contributed by atoms with E-state index >= 15 is 0 Å². The maximum absolute atomic E-state index is 12.9. The van der Waals surface area contributed by atoms with Crippen LogP contribution in [-0.4, -0.2) is 20.8 Å². The lowest BCUT2D eigenvalue weighted by Gasteiger charge is -2.08. The van der Waals surface area contributed by atoms with E-state index in [9.17, 15) is 14.9 Å². The number of nitrogens with zero attached hydrogens (tertiary/aromatic N) is 4. The Labute approximate surface area is 197 Å². The van der Waals surface area contributed by atoms with Gasteiger partial charge in [-0.1, -0.05) is 35.0 Å². The van der Waals surface area contributed by atoms with Gasteiger partial charge in [0.05, 0.1) is 22.0 Å². The fourth-order valence-electron chi connectivity index (χ4n) is 3.24. The third-order valence-corrected chi connectivity index (χ3v) is 5.41. The van der Waals surface area contributed by atoms with Gasteiger partial charge in [-0.25, -0.2) is 4.98 Å². The summed E-state index contributed by atoms with van der Waals surface area (Å²) >= 11 is 3.39. The zero-order chi connectivity index (χ0) is 23.4. The second-order valence-corrected chi connectivity index (χ2v) is 8.10. The van der Waals surface area contributed by atoms with E-state index in [-0.39, 0.29) is 17.9 Å². The monoisotopic (exact) mass is 506 g/mol. The first-order valence-corrected chi connectivity index (χ1v) is 11.0. The summed E-state index contributed by atoms with van der Waals surface area (Å²) in [6, 6.07) is 18.9. The molecule has 0 saturated heterocycles. The van der Waals surface area contributed by atoms with Crippen molar-refractivity contribution in [3.63, 3.8) is 0 Å². The molecule has 33 heavy (non-hydrogen) atoms. The summed E-state index contributed by atoms with van der Waals surface area (Å²) < 4.78 is 7.84. The third kappa shape index (κ3) is 5.15. The molecular formula is C24H19BrN4O4. The number of nitro groups is 1. The van der Waals surface area contributed by atoms with Crippen molar-refractivity contribution in [2.45, 2.75) is 20.0 Å². The largest absolute Gasteiger partial charge is 0.489 e. The Morgan fingerprint density at radius 2 is 1.94 bits per heavy atom. The number of ether oxygens (including phenoxy) is 1. The fourth-order valence-corrected chi connectivity index (χ4v) is 3.60. The smallest absolute Gasteiger partial charge is 0.282 e. The average Bonchev–Trinajstić information content (AvgIpc) is 2.83. The second-order valence-electron chi connectivity index (χ2n) is 7.19. The molecular weight excluding hydrogens is 488 g/mol. The number of halogens is 1. The van der Waals surface area contributed by atoms with E-state index in [1.54, 1.807) is 42.6 Å². The number of benzene rings is 3. The van der Waals surface area contributed by atoms with Gasteiger partial charge in [0, 0.05) is 23.0 Å². The van der Waals surface area contributed by atoms with Gasteiger partial charge in [0.1, 0.15) is 18.2 Å². The molecule has 0 spiro atoms. The summed E-state index contributed by atoms with van der Waals surface area (Å²) in [5.74, 6) is 1.19. The number of hydrogen-bond donors (Lipinski definition) is 0. The first-order chi connectivity index (χ1) is 15.9. The van der Waals surface area contributed by atoms with E-state index in [1.807, 2.05) is 25.1 Å². The predicted molar refractivity (Wildman–Crippen MR) is 130 cm³/mol. The highest BCUT2D eigenvalue weighted by Gasteiger charge is 2.10. The molecule has 0 N–H and O–H groups in total. The molecule has 166 valence electrons. The van der Waals surface area contributed by atoms with Gasteiger partial charge < -0.3 is 4.74 Å². The van der Waals surface area contributed by atoms with Crippen LogP contribution < -0.4 is 10.3 Å². The fraction of sp³-hybridized carbons (Fsp3) is 0.125. The Hall–Kier alpha value is -3.85. The molecule has 0 amide bonds. The van der Waals surface area contributed by atoms with Crippen molar-refractivity contribution >= 4 is 38.7 Å². The maximum Gasteiger partial charge on any atom is 0.282 e. The van der Waals surface area contributed by atoms with Gasteiger partial charge >= 0.3 is 0 Å². The maximum atomic E-state index is 12.9. The molecule has 0 aliphatic rings. The SMILES string of the molecule is CCc1nc2ccc(Br)cc2c(=O)n1N=Cc1ccc(OCc2cccc([N+](=O)[O-])c2)cc1. The first kappa shape index (κ1) is 22.3. The first-order valence-electron chi connectivity index (χ1n) is 10.2. The quantitative estimate of drug-likeness (QED) is 0.197. The van der Waals surface area contributed by atoms with Crippen LogP contribution in [0.5, 0.6) is 5.75 Å². The molecule has 0 unspecified atom stereocenters. The molecule has 4 rings (SSSR count). The highest BCUT2D eigenvalue weighted by Crippen LogP contribution is 2.18. The molecule has 0 radical (unpaired) electrons. The molecule has 0 aliphatic carbocycles. The zero-order valence-electron chi connectivity index (χ0n) is 17.6. The van der Waals surface area contributed by atoms with Crippen LogP contribution in [0, 0.1) is 10.1 Å². The van der Waals surface area contributed by atoms with Crippen molar-refractivity contribution < 1.29 is 9.66 Å². The topological polar surface area (TPSA) is 99.6 Å². The summed E-state index contributed by atoms with van der Waals surface area (Å²) in [7, 11) is 0. The van der Waals surface area contributed by atoms with E-state index in [4.69, 9.17) is 4.74 Å². The summed E-state index contributed by atoms with van der Waals surface area (Å²) in [4.78, 5) is 28.0. The van der Waals surface area contributed by atoms with Gasteiger partial charge in [0.25, 0.3) is 11.2 Å². The summed E-state index contributed by atoms with van der Waals surface area (Å²) in [5, 5.41) is 15.8. The van der Waals surface area contributed by atoms with Crippen molar-refractivity contribution in [2.24, 2.45) is 5.10 Å². The van der Waals surface area contributed by atoms with Crippen LogP contribution >= 0.6 is 15.9 Å². The minimum atomic E-state index is -0.434. The average molecular weight is 507 g/mol. The molecule has 0 bridgehead atoms. The lowest BCUT2D eigenvalue weighted by Crippen LogP contribution is -2.22. The number of aryl methyl sites for hydroxylation is 1. The van der Waals surface area contributed by atoms with Crippen LogP contribution in [0.1, 0.15) is 23.9 Å². The minimum Gasteiger partial charge on any atom is -0.489 e. The number of rotatable bonds is 7. The van der Waals surface area contributed by atoms with Crippen molar-refractivity contribution in [2.75, 3.05) is 0 Å². The number of non-ortho nitro benzene ring substituents is 1. The normalized spacial score (nSPS) is 11.2. The van der Waals surface area contributed by atoms with E-state index in [1.165, 1.54) is 16.8 Å². The summed E-state index contributed by atoms with van der Waals surface area (Å²) in [6.07, 6.45) is 2.15. The van der Waals surface area contributed by atoms with Crippen molar-refractivity contribution in [3.05, 3.63) is 109 Å². The Morgan fingerprint density at radius 1 is 1.15 bits per heavy atom. The summed E-state index contributed by atoms with van der Waals surface area (Å²) in [5.41, 5.74) is 1.92. The van der Waals surface area contributed by atoms with Crippen molar-refractivity contribution in [1.29, 1.82) is 0 Å². The van der Waals surface area contributed by atoms with Gasteiger partial charge in [-0.15, -0.1) is 0 Å². The van der Waals surface area contributed by atoms with Crippen LogP contribution in [0.3, 0.4) is 0 Å². The third-order valence-electron chi connectivity index (χ3n) is 4.92. The Bertz CT molecular complexity index is 1410. The molecule has 0 atom stereocenters. The number of hydrogen-bond acceptors (Lipinski definition) is 6. The minimum absolute atomic E-state index is 0.0277. The van der Waals surface area contributed by atoms with E-state index in [0.717, 1.165) is 10.0 Å². The Morgan fingerprint density at radius 3 is 2.67 bits per heavy atom. The van der Waals surface area contributed by atoms with Gasteiger partial charge in [0.2, 0.25) is 0 Å². The molecule has 0 saturated carbocycles. The van der Waals surface area contributed by atoms with Gasteiger partial charge in [-0.3, -0.25) is 14.9 Å². The van der Waals surface area contributed by atoms with Crippen molar-refractivity contribution in [3.8, 4) is 5.75 Å². The van der Waals surface area contributed by atoms with Crippen LogP contribution in [0.2, 0.25) is 0 Å². The van der Waals surface area contributed by atoms with E-state index in [0.29, 0.717) is 34.5 Å². The van der Waals surface area contributed by atoms with Crippen LogP contribution in [0.25, 0.3) is 10.9 Å². The highest BCUT2D eigenvalue weighted by atomic mass is 79.9. The molecule has 0 fully saturated rings. The van der Waals surface area contributed by atoms with Gasteiger partial charge in [-0.05, 0) is 53.6 Å². The zero-order valence-corrected chi connectivity index (χ0v) is 19.2. The van der Waals surface area contributed by atoms with Crippen LogP contribution in [0.15, 0.2) is 81.1 Å². The molecule has 1 aromatic heterocycles. The Balaban J connectivity index is 1.51. The lowest BCUT2D eigenvalue weighted by molar-refractivity contribution is -0.384. The highest BCUT2D eigenvalue weighted by molar-refractivity contribution is 9.10. The molecule has 9 heteroatoms. The van der Waals surface area contributed by atoms with Crippen molar-refractivity contribution in [1.82, 2.24) is 9.66 Å². The predicted octanol–water partition coefficient (Wildman–Crippen LogP) is 5.09. The number of fused-ring (bicyclic) bond motifs is 1. The van der Waals surface area contributed by atoms with E-state index < -0.39 is 4.92 Å². The van der Waals surface area contributed by atoms with Crippen LogP contribution in [0.4, 0.5) is 5.69 Å². The number of aromatic nitrogens is 2. The molecule has 1 heterocycles. The van der Waals surface area contributed by atoms with Gasteiger partial charge in [-0.2, -0.15) is 9.78 Å². The molecule has 8 nitrogen and oxygen atoms in total. The van der Waals surface area contributed by atoms with E-state index in [2.05, 4.69) is 26.0 Å². The molecule has 3 aromatic carbocycles. The standard InChI is InChI=1S/C24H19BrN4O4/c1-2-23-27-22-11-8-18(25)13-21(22)24(30)28(23)26-14-16-6-9-20(10-7-16)33-15-17-4-3-5-19(12-17)29(31)32/h3-14H,2,15H2,1H3. The van der Waals surface area contributed by atoms with Crippen LogP contribution in [-0.2, 0) is 13.0 Å². The Kier molecular flexibility index (Phi) is 6.60. The molecule has 4 aromatic rings. The van der Waals surface area contributed by atoms with Gasteiger partial charge in [0.15, 0.2) is 0 Å². The lowest BCUT2D eigenvalue weighted by atomic mass is 10.2. The number of nitro benzene ring substituents is 1.